The number of hydrogen-bond acceptors (Lipinski definition) is 2. The molecular weight excluding hydrogens is 166 g/mol. The van der Waals surface area contributed by atoms with Gasteiger partial charge in [-0.3, -0.25) is 0 Å². The topological polar surface area (TPSA) is 12.0 Å². The van der Waals surface area contributed by atoms with Gasteiger partial charge in [-0.05, 0) is 38.0 Å². The van der Waals surface area contributed by atoms with Gasteiger partial charge >= 0.3 is 0 Å². The van der Waals surface area contributed by atoms with Gasteiger partial charge in [-0.15, -0.1) is 0 Å². The van der Waals surface area contributed by atoms with E-state index in [1.54, 1.807) is 0 Å². The lowest BCUT2D eigenvalue weighted by Crippen LogP contribution is -2.35. The van der Waals surface area contributed by atoms with Gasteiger partial charge in [0.1, 0.15) is 0 Å². The molecule has 0 spiro atoms. The molecular formula is C10H21NS. The Morgan fingerprint density at radius 1 is 1.50 bits per heavy atom. The van der Waals surface area contributed by atoms with Crippen LogP contribution in [0.25, 0.3) is 0 Å². The van der Waals surface area contributed by atoms with Crippen molar-refractivity contribution in [3.63, 3.8) is 0 Å². The second-order valence-electron chi connectivity index (χ2n) is 3.77. The molecule has 1 rings (SSSR count). The molecule has 0 aromatic heterocycles. The third-order valence-corrected chi connectivity index (χ3v) is 3.70. The molecule has 1 fully saturated rings. The minimum Gasteiger partial charge on any atom is -0.313 e. The van der Waals surface area contributed by atoms with Crippen LogP contribution in [0.1, 0.15) is 33.1 Å². The van der Waals surface area contributed by atoms with E-state index in [0.717, 1.165) is 5.92 Å². The van der Waals surface area contributed by atoms with E-state index in [1.165, 1.54) is 37.3 Å². The Hall–Kier alpha value is 0.310. The van der Waals surface area contributed by atoms with E-state index in [9.17, 15) is 0 Å². The molecule has 0 amide bonds. The first-order chi connectivity index (χ1) is 5.83. The summed E-state index contributed by atoms with van der Waals surface area (Å²) in [6.07, 6.45) is 4.38. The first-order valence-electron chi connectivity index (χ1n) is 5.14. The minimum absolute atomic E-state index is 0.704. The Balaban J connectivity index is 1.90. The first-order valence-corrected chi connectivity index (χ1v) is 6.29. The van der Waals surface area contributed by atoms with Crippen molar-refractivity contribution in [3.05, 3.63) is 0 Å². The Morgan fingerprint density at radius 3 is 2.75 bits per heavy atom. The van der Waals surface area contributed by atoms with Crippen LogP contribution in [0.15, 0.2) is 0 Å². The van der Waals surface area contributed by atoms with Gasteiger partial charge in [0.05, 0.1) is 0 Å². The molecule has 2 heteroatoms. The quantitative estimate of drug-likeness (QED) is 0.686. The Bertz CT molecular complexity index is 112. The average Bonchev–Trinajstić information content (AvgIpc) is 1.98. The van der Waals surface area contributed by atoms with Crippen LogP contribution in [0.5, 0.6) is 0 Å². The standard InChI is InChI=1S/C10H21NS/c1-3-12-8-9(2)11-7-10-5-4-6-10/h9-11H,3-8H2,1-2H3. The third kappa shape index (κ3) is 3.81. The molecule has 1 atom stereocenters. The molecule has 1 aliphatic carbocycles. The number of nitrogens with one attached hydrogen (secondary N) is 1. The number of thioether (sulfide) groups is 1. The van der Waals surface area contributed by atoms with Gasteiger partial charge in [-0.25, -0.2) is 0 Å². The van der Waals surface area contributed by atoms with Crippen molar-refractivity contribution < 1.29 is 0 Å². The van der Waals surface area contributed by atoms with Crippen molar-refractivity contribution in [1.29, 1.82) is 0 Å². The zero-order valence-corrected chi connectivity index (χ0v) is 9.12. The molecule has 0 aromatic rings. The average molecular weight is 187 g/mol. The van der Waals surface area contributed by atoms with Gasteiger partial charge < -0.3 is 5.32 Å². The molecule has 1 nitrogen and oxygen atoms in total. The SMILES string of the molecule is CCSCC(C)NCC1CCC1. The van der Waals surface area contributed by atoms with Crippen molar-refractivity contribution in [1.82, 2.24) is 5.32 Å². The molecule has 0 saturated heterocycles. The summed E-state index contributed by atoms with van der Waals surface area (Å²) < 4.78 is 0. The van der Waals surface area contributed by atoms with Crippen molar-refractivity contribution in [3.8, 4) is 0 Å². The fourth-order valence-corrected chi connectivity index (χ4v) is 2.13. The van der Waals surface area contributed by atoms with Crippen molar-refractivity contribution in [2.45, 2.75) is 39.2 Å². The second kappa shape index (κ2) is 5.87. The van der Waals surface area contributed by atoms with Crippen LogP contribution < -0.4 is 5.32 Å². The lowest BCUT2D eigenvalue weighted by molar-refractivity contribution is 0.295. The largest absolute Gasteiger partial charge is 0.313 e. The Labute approximate surface area is 80.7 Å². The monoisotopic (exact) mass is 187 g/mol. The van der Waals surface area contributed by atoms with E-state index in [-0.39, 0.29) is 0 Å². The van der Waals surface area contributed by atoms with E-state index in [4.69, 9.17) is 0 Å². The van der Waals surface area contributed by atoms with Crippen molar-refractivity contribution in [2.75, 3.05) is 18.1 Å². The zero-order chi connectivity index (χ0) is 8.81. The second-order valence-corrected chi connectivity index (χ2v) is 5.08. The van der Waals surface area contributed by atoms with Crippen LogP contribution >= 0.6 is 11.8 Å². The van der Waals surface area contributed by atoms with Crippen LogP contribution in [0.4, 0.5) is 0 Å². The molecule has 1 N–H and O–H groups in total. The summed E-state index contributed by atoms with van der Waals surface area (Å²) in [5.74, 6) is 3.51. The van der Waals surface area contributed by atoms with Crippen LogP contribution in [0.2, 0.25) is 0 Å². The van der Waals surface area contributed by atoms with E-state index in [2.05, 4.69) is 19.2 Å². The van der Waals surface area contributed by atoms with Crippen LogP contribution in [0.3, 0.4) is 0 Å². The molecule has 1 unspecified atom stereocenters. The zero-order valence-electron chi connectivity index (χ0n) is 8.31. The van der Waals surface area contributed by atoms with Gasteiger partial charge in [0.2, 0.25) is 0 Å². The predicted molar refractivity (Wildman–Crippen MR) is 57.8 cm³/mol. The van der Waals surface area contributed by atoms with Crippen molar-refractivity contribution >= 4 is 11.8 Å². The van der Waals surface area contributed by atoms with Gasteiger partial charge in [-0.2, -0.15) is 11.8 Å². The highest BCUT2D eigenvalue weighted by Gasteiger charge is 2.17. The Morgan fingerprint density at radius 2 is 2.25 bits per heavy atom. The predicted octanol–water partition coefficient (Wildman–Crippen LogP) is 2.52. The third-order valence-electron chi connectivity index (χ3n) is 2.55. The summed E-state index contributed by atoms with van der Waals surface area (Å²) in [5.41, 5.74) is 0. The number of hydrogen-bond donors (Lipinski definition) is 1. The van der Waals surface area contributed by atoms with Crippen LogP contribution in [0, 0.1) is 5.92 Å². The van der Waals surface area contributed by atoms with Crippen LogP contribution in [-0.2, 0) is 0 Å². The van der Waals surface area contributed by atoms with E-state index in [1.807, 2.05) is 11.8 Å². The van der Waals surface area contributed by atoms with Gasteiger partial charge in [0.15, 0.2) is 0 Å². The Kier molecular flexibility index (Phi) is 5.08. The first kappa shape index (κ1) is 10.4. The maximum Gasteiger partial charge on any atom is 0.0130 e. The minimum atomic E-state index is 0.704. The molecule has 0 heterocycles. The van der Waals surface area contributed by atoms with Crippen LogP contribution in [-0.4, -0.2) is 24.1 Å². The lowest BCUT2D eigenvalue weighted by atomic mass is 9.85. The highest BCUT2D eigenvalue weighted by molar-refractivity contribution is 7.99. The highest BCUT2D eigenvalue weighted by atomic mass is 32.2. The molecule has 0 radical (unpaired) electrons. The van der Waals surface area contributed by atoms with Gasteiger partial charge in [0, 0.05) is 11.8 Å². The summed E-state index contributed by atoms with van der Waals surface area (Å²) in [6.45, 7) is 5.77. The van der Waals surface area contributed by atoms with E-state index < -0.39 is 0 Å². The summed E-state index contributed by atoms with van der Waals surface area (Å²) in [6, 6.07) is 0.704. The fourth-order valence-electron chi connectivity index (χ4n) is 1.42. The number of rotatable bonds is 6. The van der Waals surface area contributed by atoms with E-state index in [0.29, 0.717) is 6.04 Å². The normalized spacial score (nSPS) is 20.5. The lowest BCUT2D eigenvalue weighted by Gasteiger charge is -2.27. The molecule has 1 saturated carbocycles. The smallest absolute Gasteiger partial charge is 0.0130 e. The van der Waals surface area contributed by atoms with Crippen molar-refractivity contribution in [2.24, 2.45) is 5.92 Å². The molecule has 0 aromatic carbocycles. The summed E-state index contributed by atoms with van der Waals surface area (Å²) in [4.78, 5) is 0. The van der Waals surface area contributed by atoms with Gasteiger partial charge in [-0.1, -0.05) is 13.3 Å². The summed E-state index contributed by atoms with van der Waals surface area (Å²) in [5, 5.41) is 3.60. The van der Waals surface area contributed by atoms with Gasteiger partial charge in [0.25, 0.3) is 0 Å². The molecule has 12 heavy (non-hydrogen) atoms. The maximum absolute atomic E-state index is 3.60. The molecule has 72 valence electrons. The molecule has 1 aliphatic rings. The van der Waals surface area contributed by atoms with E-state index >= 15 is 0 Å². The maximum atomic E-state index is 3.60. The fraction of sp³-hybridized carbons (Fsp3) is 1.00. The molecule has 0 bridgehead atoms. The highest BCUT2D eigenvalue weighted by Crippen LogP contribution is 2.25. The summed E-state index contributed by atoms with van der Waals surface area (Å²) >= 11 is 2.03. The summed E-state index contributed by atoms with van der Waals surface area (Å²) in [7, 11) is 0. The molecule has 0 aliphatic heterocycles.